The monoisotopic (exact) mass is 465 g/mol. The third-order valence-electron chi connectivity index (χ3n) is 5.91. The van der Waals surface area contributed by atoms with Gasteiger partial charge in [0, 0.05) is 18.8 Å². The van der Waals surface area contributed by atoms with E-state index in [4.69, 9.17) is 5.26 Å². The molecule has 178 valence electrons. The van der Waals surface area contributed by atoms with E-state index in [9.17, 15) is 14.3 Å². The summed E-state index contributed by atoms with van der Waals surface area (Å²) in [6.07, 6.45) is 3.30. The molecule has 2 atom stereocenters. The van der Waals surface area contributed by atoms with Crippen LogP contribution in [0.5, 0.6) is 0 Å². The molecule has 0 saturated carbocycles. The largest absolute Gasteiger partial charge is 0.387 e. The van der Waals surface area contributed by atoms with Crippen LogP contribution in [0.2, 0.25) is 0 Å². The summed E-state index contributed by atoms with van der Waals surface area (Å²) in [5, 5.41) is 32.6. The number of nitriles is 1. The maximum atomic E-state index is 14.2. The Labute approximate surface area is 197 Å². The van der Waals surface area contributed by atoms with E-state index in [2.05, 4.69) is 32.1 Å². The molecular weight excluding hydrogens is 437 g/mol. The molecule has 0 aromatic carbocycles. The van der Waals surface area contributed by atoms with E-state index in [0.29, 0.717) is 22.6 Å². The lowest BCUT2D eigenvalue weighted by atomic mass is 10.0. The van der Waals surface area contributed by atoms with Gasteiger partial charge < -0.3 is 21.1 Å². The average molecular weight is 466 g/mol. The number of aromatic nitrogens is 3. The number of hydrogen-bond acceptors (Lipinski definition) is 7. The highest BCUT2D eigenvalue weighted by Gasteiger charge is 2.27. The zero-order valence-electron chi connectivity index (χ0n) is 19.2. The first-order chi connectivity index (χ1) is 16.3. The van der Waals surface area contributed by atoms with Crippen LogP contribution in [-0.2, 0) is 0 Å². The molecule has 0 spiro atoms. The Bertz CT molecular complexity index is 1220. The number of rotatable bonds is 7. The smallest absolute Gasteiger partial charge is 0.255 e. The summed E-state index contributed by atoms with van der Waals surface area (Å²) in [6.45, 7) is 4.12. The minimum Gasteiger partial charge on any atom is -0.387 e. The topological polar surface area (TPSA) is 127 Å². The van der Waals surface area contributed by atoms with Crippen molar-refractivity contribution in [2.24, 2.45) is 0 Å². The third kappa shape index (κ3) is 5.16. The van der Waals surface area contributed by atoms with Gasteiger partial charge in [-0.2, -0.15) is 10.4 Å². The van der Waals surface area contributed by atoms with E-state index in [-0.39, 0.29) is 18.2 Å². The zero-order valence-corrected chi connectivity index (χ0v) is 19.2. The van der Waals surface area contributed by atoms with E-state index >= 15 is 0 Å². The van der Waals surface area contributed by atoms with Crippen LogP contribution < -0.4 is 16.0 Å². The molecule has 0 radical (unpaired) electrons. The van der Waals surface area contributed by atoms with E-state index in [1.165, 1.54) is 26.2 Å². The lowest BCUT2D eigenvalue weighted by Gasteiger charge is -2.26. The summed E-state index contributed by atoms with van der Waals surface area (Å²) in [5.41, 5.74) is 1.84. The number of aliphatic hydroxyl groups is 1. The number of nitrogens with one attached hydrogen (secondary N) is 3. The van der Waals surface area contributed by atoms with Crippen LogP contribution in [0.1, 0.15) is 42.6 Å². The van der Waals surface area contributed by atoms with Crippen LogP contribution in [0.15, 0.2) is 36.7 Å². The van der Waals surface area contributed by atoms with Gasteiger partial charge in [-0.3, -0.25) is 9.78 Å². The summed E-state index contributed by atoms with van der Waals surface area (Å²) in [6, 6.07) is 9.43. The number of pyridine rings is 1. The summed E-state index contributed by atoms with van der Waals surface area (Å²) >= 11 is 0. The van der Waals surface area contributed by atoms with Gasteiger partial charge in [0.25, 0.3) is 5.91 Å². The fraction of sp³-hybridized carbons (Fsp3) is 0.417. The molecule has 1 amide bonds. The van der Waals surface area contributed by atoms with Crippen molar-refractivity contribution in [1.29, 1.82) is 5.26 Å². The Morgan fingerprint density at radius 1 is 1.41 bits per heavy atom. The van der Waals surface area contributed by atoms with Gasteiger partial charge in [-0.15, -0.1) is 0 Å². The predicted octanol–water partition coefficient (Wildman–Crippen LogP) is 2.27. The van der Waals surface area contributed by atoms with Gasteiger partial charge in [-0.1, -0.05) is 0 Å². The van der Waals surface area contributed by atoms with Crippen LogP contribution in [0.25, 0.3) is 16.9 Å². The molecule has 4 N–H and O–H groups in total. The van der Waals surface area contributed by atoms with Crippen molar-refractivity contribution >= 4 is 17.1 Å². The Hall–Kier alpha value is -3.55. The first kappa shape index (κ1) is 23.6. The average Bonchev–Trinajstić information content (AvgIpc) is 3.25. The van der Waals surface area contributed by atoms with Crippen LogP contribution in [-0.4, -0.2) is 63.1 Å². The van der Waals surface area contributed by atoms with E-state index in [1.54, 1.807) is 16.6 Å². The van der Waals surface area contributed by atoms with Crippen molar-refractivity contribution in [3.05, 3.63) is 47.8 Å². The Morgan fingerprint density at radius 2 is 2.24 bits per heavy atom. The molecule has 1 saturated heterocycles. The summed E-state index contributed by atoms with van der Waals surface area (Å²) < 4.78 is 15.9. The predicted molar refractivity (Wildman–Crippen MR) is 126 cm³/mol. The SMILES string of the molecule is CC(C)(O)[C@H](F)CNC(=O)c1cnc(-c2ccc3cc(C#N)cnn23)cc1N[C@@H]1CCCNC1. The molecular formula is C24H28FN7O2. The minimum atomic E-state index is -1.61. The van der Waals surface area contributed by atoms with Crippen molar-refractivity contribution < 1.29 is 14.3 Å². The van der Waals surface area contributed by atoms with E-state index in [1.807, 2.05) is 12.1 Å². The van der Waals surface area contributed by atoms with Crippen molar-refractivity contribution in [2.45, 2.75) is 44.5 Å². The molecule has 4 rings (SSSR count). The molecule has 4 heterocycles. The molecule has 0 aliphatic carbocycles. The van der Waals surface area contributed by atoms with Crippen LogP contribution in [0, 0.1) is 11.3 Å². The number of carbonyl (C=O) groups excluding carboxylic acids is 1. The number of carbonyl (C=O) groups is 1. The van der Waals surface area contributed by atoms with Gasteiger partial charge in [0.05, 0.1) is 52.1 Å². The highest BCUT2D eigenvalue weighted by Crippen LogP contribution is 2.26. The van der Waals surface area contributed by atoms with Crippen LogP contribution in [0.3, 0.4) is 0 Å². The van der Waals surface area contributed by atoms with Crippen LogP contribution in [0.4, 0.5) is 10.1 Å². The lowest BCUT2D eigenvalue weighted by Crippen LogP contribution is -2.42. The highest BCUT2D eigenvalue weighted by atomic mass is 19.1. The number of fused-ring (bicyclic) bond motifs is 1. The van der Waals surface area contributed by atoms with Crippen molar-refractivity contribution in [1.82, 2.24) is 25.2 Å². The maximum absolute atomic E-state index is 14.2. The van der Waals surface area contributed by atoms with Crippen molar-refractivity contribution in [3.63, 3.8) is 0 Å². The molecule has 34 heavy (non-hydrogen) atoms. The van der Waals surface area contributed by atoms with Gasteiger partial charge in [0.1, 0.15) is 12.2 Å². The summed E-state index contributed by atoms with van der Waals surface area (Å²) in [5.74, 6) is -0.478. The van der Waals surface area contributed by atoms with E-state index < -0.39 is 17.7 Å². The Morgan fingerprint density at radius 3 is 2.94 bits per heavy atom. The number of amides is 1. The molecule has 3 aromatic heterocycles. The van der Waals surface area contributed by atoms with Gasteiger partial charge >= 0.3 is 0 Å². The zero-order chi connectivity index (χ0) is 24.3. The summed E-state index contributed by atoms with van der Waals surface area (Å²) in [7, 11) is 0. The second-order valence-electron chi connectivity index (χ2n) is 9.05. The number of hydrogen-bond donors (Lipinski definition) is 4. The van der Waals surface area contributed by atoms with Crippen molar-refractivity contribution in [2.75, 3.05) is 25.0 Å². The van der Waals surface area contributed by atoms with Gasteiger partial charge in [0.2, 0.25) is 0 Å². The van der Waals surface area contributed by atoms with E-state index in [0.717, 1.165) is 31.4 Å². The van der Waals surface area contributed by atoms with Crippen LogP contribution >= 0.6 is 0 Å². The molecule has 0 bridgehead atoms. The number of piperidine rings is 1. The number of anilines is 1. The highest BCUT2D eigenvalue weighted by molar-refractivity contribution is 6.00. The lowest BCUT2D eigenvalue weighted by molar-refractivity contribution is -0.00177. The second-order valence-corrected chi connectivity index (χ2v) is 9.05. The first-order valence-corrected chi connectivity index (χ1v) is 11.3. The first-order valence-electron chi connectivity index (χ1n) is 11.3. The fourth-order valence-corrected chi connectivity index (χ4v) is 3.87. The molecule has 9 nitrogen and oxygen atoms in total. The number of alkyl halides is 1. The number of nitrogens with zero attached hydrogens (tertiary/aromatic N) is 4. The standard InChI is InChI=1S/C24H28FN7O2/c1-24(2,34)22(25)14-29-23(33)18-13-28-20(9-19(18)31-16-4-3-7-27-12-16)21-6-5-17-8-15(10-26)11-30-32(17)21/h5-6,8-9,11,13,16,22,27,34H,3-4,7,12,14H2,1-2H3,(H,28,31)(H,29,33)/t16-,22-/m1/s1. The normalized spacial score (nSPS) is 17.2. The van der Waals surface area contributed by atoms with Gasteiger partial charge in [-0.25, -0.2) is 8.91 Å². The molecule has 1 fully saturated rings. The minimum absolute atomic E-state index is 0.126. The van der Waals surface area contributed by atoms with Gasteiger partial charge in [0.15, 0.2) is 0 Å². The number of halogens is 1. The second kappa shape index (κ2) is 9.75. The maximum Gasteiger partial charge on any atom is 0.255 e. The molecule has 0 unspecified atom stereocenters. The molecule has 1 aliphatic rings. The van der Waals surface area contributed by atoms with Crippen molar-refractivity contribution in [3.8, 4) is 17.5 Å². The molecule has 3 aromatic rings. The van der Waals surface area contributed by atoms with Gasteiger partial charge in [-0.05, 0) is 57.5 Å². The fourth-order valence-electron chi connectivity index (χ4n) is 3.87. The molecule has 10 heteroatoms. The Kier molecular flexibility index (Phi) is 6.77. The molecule has 1 aliphatic heterocycles. The summed E-state index contributed by atoms with van der Waals surface area (Å²) in [4.78, 5) is 17.4. The quantitative estimate of drug-likeness (QED) is 0.421. The third-order valence-corrected chi connectivity index (χ3v) is 5.91. The Balaban J connectivity index is 1.65.